The molecule has 4 unspecified atom stereocenters. The highest BCUT2D eigenvalue weighted by molar-refractivity contribution is 5.92. The molecule has 0 spiro atoms. The highest BCUT2D eigenvalue weighted by atomic mass is 16.6. The van der Waals surface area contributed by atoms with Crippen LogP contribution in [0.25, 0.3) is 0 Å². The smallest absolute Gasteiger partial charge is 0.417 e. The van der Waals surface area contributed by atoms with E-state index in [0.717, 1.165) is 12.8 Å². The summed E-state index contributed by atoms with van der Waals surface area (Å²) >= 11 is 0. The Hall–Kier alpha value is -1.26. The zero-order chi connectivity index (χ0) is 22.4. The van der Waals surface area contributed by atoms with Crippen molar-refractivity contribution >= 4 is 12.0 Å². The fraction of sp³-hybridized carbons (Fsp3) is 0.905. The number of ether oxygens (including phenoxy) is 2. The fourth-order valence-electron chi connectivity index (χ4n) is 5.57. The van der Waals surface area contributed by atoms with Gasteiger partial charge in [-0.15, -0.1) is 0 Å². The third kappa shape index (κ3) is 3.54. The number of hydrogen-bond acceptors (Lipinski definition) is 8. The van der Waals surface area contributed by atoms with Gasteiger partial charge in [0.2, 0.25) is 5.91 Å². The lowest BCUT2D eigenvalue weighted by atomic mass is 9.70. The molecule has 0 aromatic carbocycles. The molecule has 9 heteroatoms. The van der Waals surface area contributed by atoms with Crippen LogP contribution in [-0.4, -0.2) is 80.7 Å². The summed E-state index contributed by atoms with van der Waals surface area (Å²) in [4.78, 5) is 26.6. The molecule has 1 saturated heterocycles. The zero-order valence-electron chi connectivity index (χ0n) is 18.2. The summed E-state index contributed by atoms with van der Waals surface area (Å²) in [7, 11) is 0. The van der Waals surface area contributed by atoms with Crippen LogP contribution in [0.5, 0.6) is 0 Å². The van der Waals surface area contributed by atoms with E-state index in [-0.39, 0.29) is 23.4 Å². The van der Waals surface area contributed by atoms with Gasteiger partial charge in [-0.1, -0.05) is 27.7 Å². The molecule has 9 nitrogen and oxygen atoms in total. The first kappa shape index (κ1) is 23.4. The van der Waals surface area contributed by atoms with Crippen molar-refractivity contribution in [3.8, 4) is 0 Å². The standard InChI is InChI=1S/C21H35NO8/c1-5-6-14(24)22(15-17(26)16(25)12(10-23)29-18(15)27)19(28)30-13-9-11-7-8-21(13,4)20(11,2)3/h11-13,15-18,23,25-27H,5-10H2,1-4H3/t11?,12-,13?,15-,16-,17-,18?,21?/m1/s1. The highest BCUT2D eigenvalue weighted by Crippen LogP contribution is 2.66. The summed E-state index contributed by atoms with van der Waals surface area (Å²) < 4.78 is 11.0. The maximum atomic E-state index is 13.2. The molecule has 2 aliphatic carbocycles. The van der Waals surface area contributed by atoms with E-state index in [0.29, 0.717) is 23.7 Å². The summed E-state index contributed by atoms with van der Waals surface area (Å²) in [6.45, 7) is 7.58. The van der Waals surface area contributed by atoms with E-state index >= 15 is 0 Å². The maximum absolute atomic E-state index is 13.2. The Morgan fingerprint density at radius 1 is 1.17 bits per heavy atom. The molecule has 2 amide bonds. The maximum Gasteiger partial charge on any atom is 0.417 e. The topological polar surface area (TPSA) is 137 Å². The van der Waals surface area contributed by atoms with Crippen molar-refractivity contribution in [3.63, 3.8) is 0 Å². The van der Waals surface area contributed by atoms with E-state index in [9.17, 15) is 30.0 Å². The molecule has 8 atom stereocenters. The third-order valence-electron chi connectivity index (χ3n) is 8.05. The highest BCUT2D eigenvalue weighted by Gasteiger charge is 2.63. The Morgan fingerprint density at radius 2 is 1.83 bits per heavy atom. The number of nitrogens with zero attached hydrogens (tertiary/aromatic N) is 1. The molecule has 4 N–H and O–H groups in total. The van der Waals surface area contributed by atoms with Crippen LogP contribution in [-0.2, 0) is 14.3 Å². The van der Waals surface area contributed by atoms with Crippen LogP contribution >= 0.6 is 0 Å². The van der Waals surface area contributed by atoms with E-state index < -0.39 is 49.3 Å². The number of aliphatic hydroxyl groups is 4. The molecular weight excluding hydrogens is 394 g/mol. The number of carbonyl (C=O) groups is 2. The molecule has 1 heterocycles. The largest absolute Gasteiger partial charge is 0.445 e. The Morgan fingerprint density at radius 3 is 2.33 bits per heavy atom. The zero-order valence-corrected chi connectivity index (χ0v) is 18.2. The van der Waals surface area contributed by atoms with Crippen molar-refractivity contribution < 1.29 is 39.5 Å². The predicted octanol–water partition coefficient (Wildman–Crippen LogP) is 0.766. The average molecular weight is 430 g/mol. The minimum Gasteiger partial charge on any atom is -0.445 e. The fourth-order valence-corrected chi connectivity index (χ4v) is 5.57. The van der Waals surface area contributed by atoms with Crippen molar-refractivity contribution in [2.24, 2.45) is 16.7 Å². The van der Waals surface area contributed by atoms with Gasteiger partial charge in [0.1, 0.15) is 30.5 Å². The predicted molar refractivity (Wildman–Crippen MR) is 105 cm³/mol. The molecule has 3 rings (SSSR count). The summed E-state index contributed by atoms with van der Waals surface area (Å²) in [6, 6.07) is -1.53. The van der Waals surface area contributed by atoms with Gasteiger partial charge in [0.15, 0.2) is 6.29 Å². The monoisotopic (exact) mass is 429 g/mol. The van der Waals surface area contributed by atoms with Gasteiger partial charge >= 0.3 is 6.09 Å². The number of rotatable bonds is 5. The average Bonchev–Trinajstić information content (AvgIpc) is 3.01. The molecular formula is C21H35NO8. The number of hydrogen-bond donors (Lipinski definition) is 4. The minimum atomic E-state index is -1.76. The van der Waals surface area contributed by atoms with E-state index in [4.69, 9.17) is 9.47 Å². The Labute approximate surface area is 177 Å². The van der Waals surface area contributed by atoms with Gasteiger partial charge in [-0.2, -0.15) is 0 Å². The molecule has 2 saturated carbocycles. The third-order valence-corrected chi connectivity index (χ3v) is 8.05. The lowest BCUT2D eigenvalue weighted by Gasteiger charge is -2.44. The molecule has 0 aromatic rings. The number of fused-ring (bicyclic) bond motifs is 2. The Balaban J connectivity index is 1.84. The van der Waals surface area contributed by atoms with Crippen molar-refractivity contribution in [3.05, 3.63) is 0 Å². The summed E-state index contributed by atoms with van der Waals surface area (Å²) in [5.74, 6) is -0.210. The quantitative estimate of drug-likeness (QED) is 0.503. The summed E-state index contributed by atoms with van der Waals surface area (Å²) in [6.07, 6.45) is -4.46. The minimum absolute atomic E-state index is 0.000611. The van der Waals surface area contributed by atoms with E-state index in [1.54, 1.807) is 6.92 Å². The second kappa shape index (κ2) is 8.35. The molecule has 30 heavy (non-hydrogen) atoms. The van der Waals surface area contributed by atoms with Crippen LogP contribution in [0.2, 0.25) is 0 Å². The van der Waals surface area contributed by atoms with Gasteiger partial charge in [-0.3, -0.25) is 4.79 Å². The van der Waals surface area contributed by atoms with Gasteiger partial charge in [0.05, 0.1) is 6.61 Å². The van der Waals surface area contributed by atoms with Crippen molar-refractivity contribution in [2.45, 2.75) is 96.5 Å². The SMILES string of the molecule is CCCC(=O)N(C(=O)OC1CC2CCC1(C)C2(C)C)[C@H]1C(O)O[C@H](CO)[C@@H](O)[C@@H]1O. The number of imide groups is 1. The van der Waals surface area contributed by atoms with Crippen LogP contribution in [0.1, 0.15) is 59.8 Å². The van der Waals surface area contributed by atoms with Gasteiger partial charge in [0.25, 0.3) is 0 Å². The van der Waals surface area contributed by atoms with Crippen LogP contribution in [0, 0.1) is 16.7 Å². The first-order valence-electron chi connectivity index (χ1n) is 10.8. The van der Waals surface area contributed by atoms with Gasteiger partial charge in [-0.05, 0) is 37.0 Å². The summed E-state index contributed by atoms with van der Waals surface area (Å²) in [5, 5.41) is 40.4. The Kier molecular flexibility index (Phi) is 6.51. The molecule has 2 bridgehead atoms. The summed E-state index contributed by atoms with van der Waals surface area (Å²) in [5.41, 5.74) is -0.234. The van der Waals surface area contributed by atoms with Crippen LogP contribution in [0.4, 0.5) is 4.79 Å². The van der Waals surface area contributed by atoms with E-state index in [1.165, 1.54) is 0 Å². The lowest BCUT2D eigenvalue weighted by molar-refractivity contribution is -0.267. The number of aliphatic hydroxyl groups excluding tert-OH is 4. The normalized spacial score (nSPS) is 42.2. The molecule has 0 radical (unpaired) electrons. The molecule has 1 aliphatic heterocycles. The van der Waals surface area contributed by atoms with Crippen LogP contribution in [0.3, 0.4) is 0 Å². The van der Waals surface area contributed by atoms with E-state index in [1.807, 2.05) is 0 Å². The van der Waals surface area contributed by atoms with Gasteiger partial charge < -0.3 is 29.9 Å². The second-order valence-corrected chi connectivity index (χ2v) is 9.72. The number of amides is 2. The molecule has 0 aromatic heterocycles. The van der Waals surface area contributed by atoms with Crippen molar-refractivity contribution in [2.75, 3.05) is 6.61 Å². The first-order chi connectivity index (χ1) is 14.0. The lowest BCUT2D eigenvalue weighted by Crippen LogP contribution is -2.66. The molecule has 172 valence electrons. The molecule has 3 aliphatic rings. The first-order valence-corrected chi connectivity index (χ1v) is 10.8. The second-order valence-electron chi connectivity index (χ2n) is 9.72. The van der Waals surface area contributed by atoms with Crippen LogP contribution in [0.15, 0.2) is 0 Å². The van der Waals surface area contributed by atoms with Crippen molar-refractivity contribution in [1.82, 2.24) is 4.90 Å². The van der Waals surface area contributed by atoms with Crippen LogP contribution < -0.4 is 0 Å². The molecule has 3 fully saturated rings. The number of carbonyl (C=O) groups excluding carboxylic acids is 2. The van der Waals surface area contributed by atoms with E-state index in [2.05, 4.69) is 20.8 Å². The van der Waals surface area contributed by atoms with Gasteiger partial charge in [0, 0.05) is 11.8 Å². The van der Waals surface area contributed by atoms with Crippen molar-refractivity contribution in [1.29, 1.82) is 0 Å². The Bertz CT molecular complexity index is 669. The van der Waals surface area contributed by atoms with Gasteiger partial charge in [-0.25, -0.2) is 9.69 Å².